The Labute approximate surface area is 165 Å². The van der Waals surface area contributed by atoms with Gasteiger partial charge in [0.15, 0.2) is 0 Å². The molecule has 0 atom stereocenters. The summed E-state index contributed by atoms with van der Waals surface area (Å²) in [5.41, 5.74) is 0.278. The zero-order valence-electron chi connectivity index (χ0n) is 14.7. The molecule has 0 aliphatic carbocycles. The highest BCUT2D eigenvalue weighted by atomic mass is 35.5. The molecule has 0 spiro atoms. The summed E-state index contributed by atoms with van der Waals surface area (Å²) in [7, 11) is 0. The van der Waals surface area contributed by atoms with Gasteiger partial charge >= 0.3 is 0 Å². The Kier molecular flexibility index (Phi) is 5.89. The number of non-ortho nitro benzene ring substituents is 1. The zero-order chi connectivity index (χ0) is 20.3. The van der Waals surface area contributed by atoms with E-state index in [0.717, 1.165) is 0 Å². The molecule has 1 fully saturated rings. The topological polar surface area (TPSA) is 92.5 Å². The minimum atomic E-state index is -0.567. The number of likely N-dealkylation sites (tertiary alicyclic amines) is 1. The quantitative estimate of drug-likeness (QED) is 0.617. The number of nitro groups is 1. The first kappa shape index (κ1) is 19.8. The van der Waals surface area contributed by atoms with Gasteiger partial charge < -0.3 is 10.2 Å². The van der Waals surface area contributed by atoms with Gasteiger partial charge in [0.2, 0.25) is 5.91 Å². The maximum atomic E-state index is 13.3. The Balaban J connectivity index is 1.60. The fraction of sp³-hybridized carbons (Fsp3) is 0.263. The van der Waals surface area contributed by atoms with E-state index in [1.54, 1.807) is 11.0 Å². The first-order valence-corrected chi connectivity index (χ1v) is 9.02. The minimum Gasteiger partial charge on any atom is -0.339 e. The second-order valence-corrected chi connectivity index (χ2v) is 6.89. The Morgan fingerprint density at radius 3 is 2.54 bits per heavy atom. The van der Waals surface area contributed by atoms with Gasteiger partial charge in [-0.3, -0.25) is 19.7 Å². The number of nitro benzene ring substituents is 1. The second kappa shape index (κ2) is 8.35. The van der Waals surface area contributed by atoms with Crippen molar-refractivity contribution in [2.75, 3.05) is 18.4 Å². The van der Waals surface area contributed by atoms with E-state index in [1.165, 1.54) is 36.4 Å². The maximum Gasteiger partial charge on any atom is 0.271 e. The van der Waals surface area contributed by atoms with Gasteiger partial charge in [0.05, 0.1) is 15.6 Å². The van der Waals surface area contributed by atoms with Crippen LogP contribution in [0.4, 0.5) is 15.8 Å². The fourth-order valence-corrected chi connectivity index (χ4v) is 3.27. The summed E-state index contributed by atoms with van der Waals surface area (Å²) in [4.78, 5) is 36.8. The highest BCUT2D eigenvalue weighted by Gasteiger charge is 2.28. The monoisotopic (exact) mass is 405 g/mol. The van der Waals surface area contributed by atoms with Crippen LogP contribution in [0.5, 0.6) is 0 Å². The number of anilines is 1. The minimum absolute atomic E-state index is 0.171. The first-order valence-electron chi connectivity index (χ1n) is 8.65. The van der Waals surface area contributed by atoms with Gasteiger partial charge in [-0.1, -0.05) is 17.7 Å². The number of nitrogens with zero attached hydrogens (tertiary/aromatic N) is 2. The van der Waals surface area contributed by atoms with Gasteiger partial charge in [-0.05, 0) is 37.1 Å². The average Bonchev–Trinajstić information content (AvgIpc) is 2.69. The van der Waals surface area contributed by atoms with Crippen LogP contribution in [0.2, 0.25) is 5.02 Å². The van der Waals surface area contributed by atoms with Crippen molar-refractivity contribution in [3.05, 3.63) is 69.0 Å². The number of rotatable bonds is 4. The molecule has 0 radical (unpaired) electrons. The predicted octanol–water partition coefficient (Wildman–Crippen LogP) is 3.88. The molecule has 146 valence electrons. The molecule has 1 N–H and O–H groups in total. The van der Waals surface area contributed by atoms with Gasteiger partial charge in [-0.25, -0.2) is 4.39 Å². The summed E-state index contributed by atoms with van der Waals surface area (Å²) in [5, 5.41) is 13.7. The van der Waals surface area contributed by atoms with Crippen LogP contribution in [0.15, 0.2) is 42.5 Å². The van der Waals surface area contributed by atoms with Crippen LogP contribution in [0.25, 0.3) is 0 Å². The standard InChI is InChI=1S/C19H17ClFN3O4/c20-16-5-4-15(24(27)28)11-17(16)22-18(25)12-6-8-23(9-7-12)19(26)13-2-1-3-14(21)10-13/h1-5,10-12H,6-9H2,(H,22,25). The second-order valence-electron chi connectivity index (χ2n) is 6.49. The summed E-state index contributed by atoms with van der Waals surface area (Å²) < 4.78 is 13.3. The van der Waals surface area contributed by atoms with E-state index in [-0.39, 0.29) is 39.7 Å². The van der Waals surface area contributed by atoms with Gasteiger partial charge in [0, 0.05) is 36.7 Å². The summed E-state index contributed by atoms with van der Waals surface area (Å²) in [5.74, 6) is -1.42. The van der Waals surface area contributed by atoms with E-state index in [4.69, 9.17) is 11.6 Å². The van der Waals surface area contributed by atoms with Crippen LogP contribution in [-0.2, 0) is 4.79 Å². The fourth-order valence-electron chi connectivity index (χ4n) is 3.11. The largest absolute Gasteiger partial charge is 0.339 e. The Bertz CT molecular complexity index is 929. The molecule has 3 rings (SSSR count). The summed E-state index contributed by atoms with van der Waals surface area (Å²) in [6.07, 6.45) is 0.860. The van der Waals surface area contributed by atoms with Crippen LogP contribution in [0.3, 0.4) is 0 Å². The molecule has 2 aromatic carbocycles. The van der Waals surface area contributed by atoms with Crippen molar-refractivity contribution < 1.29 is 18.9 Å². The van der Waals surface area contributed by atoms with Crippen molar-refractivity contribution in [3.8, 4) is 0 Å². The predicted molar refractivity (Wildman–Crippen MR) is 102 cm³/mol. The molecule has 1 aliphatic rings. The van der Waals surface area contributed by atoms with E-state index in [9.17, 15) is 24.1 Å². The molecule has 9 heteroatoms. The van der Waals surface area contributed by atoms with Crippen molar-refractivity contribution in [2.45, 2.75) is 12.8 Å². The number of amides is 2. The van der Waals surface area contributed by atoms with Crippen molar-refractivity contribution >= 4 is 34.8 Å². The first-order chi connectivity index (χ1) is 13.3. The lowest BCUT2D eigenvalue weighted by Gasteiger charge is -2.31. The number of halogens is 2. The van der Waals surface area contributed by atoms with Gasteiger partial charge in [0.1, 0.15) is 5.82 Å². The molecule has 0 bridgehead atoms. The Hall–Kier alpha value is -3.00. The highest BCUT2D eigenvalue weighted by molar-refractivity contribution is 6.33. The molecule has 1 saturated heterocycles. The number of nitrogens with one attached hydrogen (secondary N) is 1. The van der Waals surface area contributed by atoms with Crippen molar-refractivity contribution in [1.82, 2.24) is 4.90 Å². The van der Waals surface area contributed by atoms with E-state index in [0.29, 0.717) is 25.9 Å². The van der Waals surface area contributed by atoms with Crippen LogP contribution < -0.4 is 5.32 Å². The molecule has 1 aliphatic heterocycles. The Morgan fingerprint density at radius 1 is 1.18 bits per heavy atom. The van der Waals surface area contributed by atoms with E-state index >= 15 is 0 Å². The summed E-state index contributed by atoms with van der Waals surface area (Å²) in [6, 6.07) is 9.31. The molecule has 7 nitrogen and oxygen atoms in total. The SMILES string of the molecule is O=C(Nc1cc([N+](=O)[O-])ccc1Cl)C1CCN(C(=O)c2cccc(F)c2)CC1. The van der Waals surface area contributed by atoms with Crippen LogP contribution in [-0.4, -0.2) is 34.7 Å². The number of carbonyl (C=O) groups excluding carboxylic acids is 2. The number of piperidine rings is 1. The molecule has 2 amide bonds. The number of hydrogen-bond donors (Lipinski definition) is 1. The molecule has 0 aromatic heterocycles. The summed E-state index contributed by atoms with van der Waals surface area (Å²) in [6.45, 7) is 0.714. The van der Waals surface area contributed by atoms with Crippen LogP contribution >= 0.6 is 11.6 Å². The Morgan fingerprint density at radius 2 is 1.89 bits per heavy atom. The van der Waals surface area contributed by atoms with Crippen molar-refractivity contribution in [2.24, 2.45) is 5.92 Å². The van der Waals surface area contributed by atoms with Crippen LogP contribution in [0.1, 0.15) is 23.2 Å². The lowest BCUT2D eigenvalue weighted by molar-refractivity contribution is -0.384. The van der Waals surface area contributed by atoms with Crippen molar-refractivity contribution in [1.29, 1.82) is 0 Å². The maximum absolute atomic E-state index is 13.3. The van der Waals surface area contributed by atoms with Crippen molar-refractivity contribution in [3.63, 3.8) is 0 Å². The number of benzene rings is 2. The van der Waals surface area contributed by atoms with Crippen LogP contribution in [0, 0.1) is 21.8 Å². The normalized spacial score (nSPS) is 14.6. The highest BCUT2D eigenvalue weighted by Crippen LogP contribution is 2.28. The third kappa shape index (κ3) is 4.45. The number of hydrogen-bond acceptors (Lipinski definition) is 4. The molecule has 2 aromatic rings. The van der Waals surface area contributed by atoms with E-state index in [2.05, 4.69) is 5.32 Å². The average molecular weight is 406 g/mol. The lowest BCUT2D eigenvalue weighted by atomic mass is 9.95. The molecule has 28 heavy (non-hydrogen) atoms. The molecule has 0 saturated carbocycles. The van der Waals surface area contributed by atoms with Gasteiger partial charge in [0.25, 0.3) is 11.6 Å². The van der Waals surface area contributed by atoms with Gasteiger partial charge in [-0.15, -0.1) is 0 Å². The lowest BCUT2D eigenvalue weighted by Crippen LogP contribution is -2.41. The molecular weight excluding hydrogens is 389 g/mol. The molecular formula is C19H17ClFN3O4. The third-order valence-corrected chi connectivity index (χ3v) is 4.97. The van der Waals surface area contributed by atoms with E-state index in [1.807, 2.05) is 0 Å². The zero-order valence-corrected chi connectivity index (χ0v) is 15.5. The number of carbonyl (C=O) groups is 2. The summed E-state index contributed by atoms with van der Waals surface area (Å²) >= 11 is 6.01. The molecule has 1 heterocycles. The smallest absolute Gasteiger partial charge is 0.271 e. The van der Waals surface area contributed by atoms with E-state index < -0.39 is 10.7 Å². The molecule has 0 unspecified atom stereocenters. The van der Waals surface area contributed by atoms with Gasteiger partial charge in [-0.2, -0.15) is 0 Å². The third-order valence-electron chi connectivity index (χ3n) is 4.64.